The standard InChI is InChI=1S/C8H20N2O2/c9-3-1-2-5-11-7-8-12-6-4-10/h1-10H2. The molecule has 0 saturated heterocycles. The molecule has 0 aliphatic heterocycles. The molecule has 0 saturated carbocycles. The predicted octanol–water partition coefficient (Wildman–Crippen LogP) is -0.283. The van der Waals surface area contributed by atoms with E-state index in [9.17, 15) is 0 Å². The Morgan fingerprint density at radius 3 is 1.92 bits per heavy atom. The Hall–Kier alpha value is -0.160. The lowest BCUT2D eigenvalue weighted by Crippen LogP contribution is -2.12. The van der Waals surface area contributed by atoms with Crippen molar-refractivity contribution in [3.8, 4) is 0 Å². The Morgan fingerprint density at radius 1 is 0.667 bits per heavy atom. The monoisotopic (exact) mass is 176 g/mol. The van der Waals surface area contributed by atoms with E-state index < -0.39 is 0 Å². The average Bonchev–Trinajstić information content (AvgIpc) is 2.10. The summed E-state index contributed by atoms with van der Waals surface area (Å²) in [4.78, 5) is 0. The smallest absolute Gasteiger partial charge is 0.0701 e. The Balaban J connectivity index is 2.73. The molecule has 0 aromatic rings. The van der Waals surface area contributed by atoms with Gasteiger partial charge in [-0.1, -0.05) is 0 Å². The zero-order valence-corrected chi connectivity index (χ0v) is 7.63. The van der Waals surface area contributed by atoms with Crippen LogP contribution in [0.5, 0.6) is 0 Å². The summed E-state index contributed by atoms with van der Waals surface area (Å²) in [7, 11) is 0. The maximum absolute atomic E-state index is 5.31. The maximum atomic E-state index is 5.31. The van der Waals surface area contributed by atoms with Crippen LogP contribution in [0.15, 0.2) is 0 Å². The van der Waals surface area contributed by atoms with Crippen molar-refractivity contribution < 1.29 is 9.47 Å². The van der Waals surface area contributed by atoms with Crippen LogP contribution in [-0.4, -0.2) is 39.5 Å². The molecule has 0 rings (SSSR count). The summed E-state index contributed by atoms with van der Waals surface area (Å²) >= 11 is 0. The second-order valence-electron chi connectivity index (χ2n) is 2.51. The van der Waals surface area contributed by atoms with E-state index in [0.717, 1.165) is 26.0 Å². The highest BCUT2D eigenvalue weighted by Gasteiger charge is 1.88. The molecule has 0 heterocycles. The Labute approximate surface area is 74.2 Å². The van der Waals surface area contributed by atoms with Crippen molar-refractivity contribution in [3.63, 3.8) is 0 Å². The lowest BCUT2D eigenvalue weighted by Gasteiger charge is -2.03. The molecule has 0 aliphatic rings. The summed E-state index contributed by atoms with van der Waals surface area (Å²) in [5, 5.41) is 0. The highest BCUT2D eigenvalue weighted by atomic mass is 16.5. The van der Waals surface area contributed by atoms with Crippen molar-refractivity contribution in [2.24, 2.45) is 11.5 Å². The molecule has 0 radical (unpaired) electrons. The van der Waals surface area contributed by atoms with E-state index in [2.05, 4.69) is 0 Å². The maximum Gasteiger partial charge on any atom is 0.0701 e. The van der Waals surface area contributed by atoms with Gasteiger partial charge in [0, 0.05) is 13.2 Å². The van der Waals surface area contributed by atoms with Gasteiger partial charge in [0.25, 0.3) is 0 Å². The van der Waals surface area contributed by atoms with Crippen molar-refractivity contribution in [1.82, 2.24) is 0 Å². The summed E-state index contributed by atoms with van der Waals surface area (Å²) < 4.78 is 10.4. The second-order valence-corrected chi connectivity index (χ2v) is 2.51. The van der Waals surface area contributed by atoms with Crippen molar-refractivity contribution >= 4 is 0 Å². The van der Waals surface area contributed by atoms with Gasteiger partial charge in [0.1, 0.15) is 0 Å². The normalized spacial score (nSPS) is 10.5. The van der Waals surface area contributed by atoms with Gasteiger partial charge in [0.2, 0.25) is 0 Å². The lowest BCUT2D eigenvalue weighted by atomic mass is 10.3. The first-order valence-electron chi connectivity index (χ1n) is 4.47. The number of rotatable bonds is 9. The van der Waals surface area contributed by atoms with E-state index in [1.807, 2.05) is 0 Å². The first kappa shape index (κ1) is 11.8. The van der Waals surface area contributed by atoms with Gasteiger partial charge in [0.05, 0.1) is 19.8 Å². The molecule has 0 unspecified atom stereocenters. The first-order valence-corrected chi connectivity index (χ1v) is 4.47. The van der Waals surface area contributed by atoms with E-state index in [1.165, 1.54) is 0 Å². The summed E-state index contributed by atoms with van der Waals surface area (Å²) in [6.45, 7) is 4.01. The van der Waals surface area contributed by atoms with E-state index >= 15 is 0 Å². The minimum atomic E-state index is 0.577. The van der Waals surface area contributed by atoms with Crippen LogP contribution >= 0.6 is 0 Å². The minimum absolute atomic E-state index is 0.577. The summed E-state index contributed by atoms with van der Waals surface area (Å²) in [5.74, 6) is 0. The zero-order chi connectivity index (χ0) is 9.07. The lowest BCUT2D eigenvalue weighted by molar-refractivity contribution is 0.0495. The molecule has 0 bridgehead atoms. The highest BCUT2D eigenvalue weighted by Crippen LogP contribution is 1.87. The Kier molecular flexibility index (Phi) is 10.7. The zero-order valence-electron chi connectivity index (χ0n) is 7.63. The Morgan fingerprint density at radius 2 is 1.33 bits per heavy atom. The van der Waals surface area contributed by atoms with Gasteiger partial charge in [-0.2, -0.15) is 0 Å². The molecule has 4 heteroatoms. The average molecular weight is 176 g/mol. The molecular formula is C8H20N2O2. The molecule has 0 atom stereocenters. The molecular weight excluding hydrogens is 156 g/mol. The van der Waals surface area contributed by atoms with Crippen LogP contribution < -0.4 is 11.5 Å². The van der Waals surface area contributed by atoms with Crippen LogP contribution in [-0.2, 0) is 9.47 Å². The van der Waals surface area contributed by atoms with Gasteiger partial charge in [-0.15, -0.1) is 0 Å². The van der Waals surface area contributed by atoms with Gasteiger partial charge in [-0.3, -0.25) is 0 Å². The molecule has 4 nitrogen and oxygen atoms in total. The molecule has 0 spiro atoms. The van der Waals surface area contributed by atoms with Gasteiger partial charge in [0.15, 0.2) is 0 Å². The largest absolute Gasteiger partial charge is 0.379 e. The van der Waals surface area contributed by atoms with Crippen molar-refractivity contribution in [3.05, 3.63) is 0 Å². The Bertz CT molecular complexity index is 71.5. The third-order valence-electron chi connectivity index (χ3n) is 1.38. The molecule has 0 aromatic carbocycles. The molecule has 0 aromatic heterocycles. The van der Waals surface area contributed by atoms with E-state index in [0.29, 0.717) is 26.4 Å². The summed E-state index contributed by atoms with van der Waals surface area (Å²) in [6.07, 6.45) is 2.07. The van der Waals surface area contributed by atoms with Crippen LogP contribution in [0.2, 0.25) is 0 Å². The predicted molar refractivity (Wildman–Crippen MR) is 49.0 cm³/mol. The summed E-state index contributed by atoms with van der Waals surface area (Å²) in [6, 6.07) is 0. The van der Waals surface area contributed by atoms with E-state index in [4.69, 9.17) is 20.9 Å². The van der Waals surface area contributed by atoms with Gasteiger partial charge in [-0.25, -0.2) is 0 Å². The van der Waals surface area contributed by atoms with Crippen molar-refractivity contribution in [2.45, 2.75) is 12.8 Å². The molecule has 0 aliphatic carbocycles. The van der Waals surface area contributed by atoms with Gasteiger partial charge >= 0.3 is 0 Å². The fourth-order valence-corrected chi connectivity index (χ4v) is 0.754. The fourth-order valence-electron chi connectivity index (χ4n) is 0.754. The molecule has 12 heavy (non-hydrogen) atoms. The third-order valence-corrected chi connectivity index (χ3v) is 1.38. The number of nitrogens with two attached hydrogens (primary N) is 2. The second kappa shape index (κ2) is 10.8. The van der Waals surface area contributed by atoms with Crippen LogP contribution in [0.3, 0.4) is 0 Å². The van der Waals surface area contributed by atoms with Crippen molar-refractivity contribution in [2.75, 3.05) is 39.5 Å². The minimum Gasteiger partial charge on any atom is -0.379 e. The molecule has 74 valence electrons. The van der Waals surface area contributed by atoms with E-state index in [-0.39, 0.29) is 0 Å². The topological polar surface area (TPSA) is 70.5 Å². The van der Waals surface area contributed by atoms with Crippen molar-refractivity contribution in [1.29, 1.82) is 0 Å². The number of hydrogen-bond acceptors (Lipinski definition) is 4. The van der Waals surface area contributed by atoms with Gasteiger partial charge in [-0.05, 0) is 19.4 Å². The highest BCUT2D eigenvalue weighted by molar-refractivity contribution is 4.39. The molecule has 0 amide bonds. The van der Waals surface area contributed by atoms with Crippen LogP contribution in [0.25, 0.3) is 0 Å². The summed E-state index contributed by atoms with van der Waals surface area (Å²) in [5.41, 5.74) is 10.5. The van der Waals surface area contributed by atoms with Gasteiger partial charge < -0.3 is 20.9 Å². The first-order chi connectivity index (χ1) is 5.91. The number of hydrogen-bond donors (Lipinski definition) is 2. The third kappa shape index (κ3) is 9.84. The van der Waals surface area contributed by atoms with Crippen LogP contribution in [0, 0.1) is 0 Å². The van der Waals surface area contributed by atoms with E-state index in [1.54, 1.807) is 0 Å². The van der Waals surface area contributed by atoms with Crippen LogP contribution in [0.1, 0.15) is 12.8 Å². The molecule has 0 fully saturated rings. The fraction of sp³-hybridized carbons (Fsp3) is 1.00. The number of unbranched alkanes of at least 4 members (excludes halogenated alkanes) is 1. The van der Waals surface area contributed by atoms with Crippen LogP contribution in [0.4, 0.5) is 0 Å². The molecule has 4 N–H and O–H groups in total. The SMILES string of the molecule is NCCCCOCCOCCN. The quantitative estimate of drug-likeness (QED) is 0.474. The number of ether oxygens (including phenoxy) is 2.